The topological polar surface area (TPSA) is 75.7 Å². The van der Waals surface area contributed by atoms with Crippen LogP contribution in [0, 0.1) is 5.82 Å². The third-order valence-corrected chi connectivity index (χ3v) is 6.32. The van der Waals surface area contributed by atoms with Gasteiger partial charge in [0.15, 0.2) is 6.61 Å². The van der Waals surface area contributed by atoms with Crippen molar-refractivity contribution in [3.63, 3.8) is 0 Å². The fraction of sp³-hybridized carbons (Fsp3) is 0.240. The van der Waals surface area contributed by atoms with Crippen LogP contribution in [0.3, 0.4) is 0 Å². The summed E-state index contributed by atoms with van der Waals surface area (Å²) in [7, 11) is 0. The van der Waals surface area contributed by atoms with E-state index in [4.69, 9.17) is 4.74 Å². The molecule has 0 aliphatic carbocycles. The molecule has 0 bridgehead atoms. The highest BCUT2D eigenvalue weighted by atomic mass is 32.1. The molecule has 3 aromatic rings. The summed E-state index contributed by atoms with van der Waals surface area (Å²) in [6.07, 6.45) is 1.40. The van der Waals surface area contributed by atoms with E-state index in [1.165, 1.54) is 23.5 Å². The predicted octanol–water partition coefficient (Wildman–Crippen LogP) is 4.07. The molecule has 1 aliphatic rings. The number of amides is 2. The van der Waals surface area contributed by atoms with Crippen molar-refractivity contribution in [1.82, 2.24) is 10.2 Å². The van der Waals surface area contributed by atoms with Gasteiger partial charge in [0.05, 0.1) is 11.6 Å². The Balaban J connectivity index is 1.36. The molecule has 1 N–H and O–H groups in total. The number of likely N-dealkylation sites (tertiary alicyclic amines) is 1. The van der Waals surface area contributed by atoms with Gasteiger partial charge in [-0.25, -0.2) is 9.18 Å². The number of benzene rings is 2. The zero-order valence-corrected chi connectivity index (χ0v) is 18.6. The maximum absolute atomic E-state index is 13.3. The van der Waals surface area contributed by atoms with Gasteiger partial charge in [0.2, 0.25) is 5.91 Å². The first-order chi connectivity index (χ1) is 16.0. The number of ether oxygens (including phenoxy) is 1. The summed E-state index contributed by atoms with van der Waals surface area (Å²) in [6.45, 7) is 0.713. The van der Waals surface area contributed by atoms with Gasteiger partial charge < -0.3 is 15.0 Å². The first-order valence-corrected chi connectivity index (χ1v) is 11.5. The molecule has 170 valence electrons. The lowest BCUT2D eigenvalue weighted by Gasteiger charge is -2.18. The Bertz CT molecular complexity index is 1130. The molecule has 2 heterocycles. The first kappa shape index (κ1) is 22.7. The van der Waals surface area contributed by atoms with Crippen molar-refractivity contribution in [1.29, 1.82) is 0 Å². The van der Waals surface area contributed by atoms with Crippen molar-refractivity contribution in [2.75, 3.05) is 13.2 Å². The molecule has 0 spiro atoms. The summed E-state index contributed by atoms with van der Waals surface area (Å²) < 4.78 is 18.5. The molecule has 1 aromatic heterocycles. The molecular weight excluding hydrogens is 443 g/mol. The van der Waals surface area contributed by atoms with Gasteiger partial charge in [0, 0.05) is 24.4 Å². The summed E-state index contributed by atoms with van der Waals surface area (Å²) in [6, 6.07) is 16.0. The summed E-state index contributed by atoms with van der Waals surface area (Å²) in [5.41, 5.74) is 1.88. The van der Waals surface area contributed by atoms with Gasteiger partial charge in [-0.05, 0) is 53.3 Å². The molecule has 0 unspecified atom stereocenters. The second-order valence-corrected chi connectivity index (χ2v) is 8.74. The van der Waals surface area contributed by atoms with Crippen LogP contribution in [0.2, 0.25) is 0 Å². The van der Waals surface area contributed by atoms with Gasteiger partial charge in [0.1, 0.15) is 5.82 Å². The van der Waals surface area contributed by atoms with Crippen LogP contribution in [0.4, 0.5) is 4.39 Å². The fourth-order valence-electron chi connectivity index (χ4n) is 3.73. The van der Waals surface area contributed by atoms with Gasteiger partial charge in [-0.2, -0.15) is 0 Å². The number of nitrogens with zero attached hydrogens (tertiary/aromatic N) is 1. The van der Waals surface area contributed by atoms with E-state index in [1.54, 1.807) is 35.2 Å². The SMILES string of the molecule is O=C(COC(=O)c1cccc(CN2CCCC2=O)c1)N[C@@H](c1ccc(F)cc1)c1cccs1. The fourth-order valence-corrected chi connectivity index (χ4v) is 4.54. The van der Waals surface area contributed by atoms with E-state index in [0.717, 1.165) is 22.4 Å². The average Bonchev–Trinajstić information content (AvgIpc) is 3.49. The second-order valence-electron chi connectivity index (χ2n) is 7.76. The maximum Gasteiger partial charge on any atom is 0.338 e. The third kappa shape index (κ3) is 5.84. The standard InChI is InChI=1S/C25H23FN2O4S/c26-20-10-8-18(9-11-20)24(21-6-3-13-33-21)27-22(29)16-32-25(31)19-5-1-4-17(14-19)15-28-12-2-7-23(28)30/h1,3-6,8-11,13-14,24H,2,7,12,15-16H2,(H,27,29)/t24-/m0/s1. The second kappa shape index (κ2) is 10.4. The number of carbonyl (C=O) groups is 3. The smallest absolute Gasteiger partial charge is 0.338 e. The number of carbonyl (C=O) groups excluding carboxylic acids is 3. The molecule has 1 fully saturated rings. The zero-order chi connectivity index (χ0) is 23.2. The minimum absolute atomic E-state index is 0.112. The zero-order valence-electron chi connectivity index (χ0n) is 17.8. The Labute approximate surface area is 195 Å². The van der Waals surface area contributed by atoms with Crippen molar-refractivity contribution in [3.05, 3.63) is 93.4 Å². The largest absolute Gasteiger partial charge is 0.452 e. The minimum Gasteiger partial charge on any atom is -0.452 e. The number of hydrogen-bond donors (Lipinski definition) is 1. The van der Waals surface area contributed by atoms with Crippen LogP contribution in [-0.2, 0) is 20.9 Å². The van der Waals surface area contributed by atoms with Crippen LogP contribution in [-0.4, -0.2) is 35.8 Å². The van der Waals surface area contributed by atoms with Crippen molar-refractivity contribution in [2.24, 2.45) is 0 Å². The first-order valence-electron chi connectivity index (χ1n) is 10.6. The Morgan fingerprint density at radius 1 is 1.12 bits per heavy atom. The number of rotatable bonds is 8. The van der Waals surface area contributed by atoms with E-state index in [-0.39, 0.29) is 11.7 Å². The number of thiophene rings is 1. The quantitative estimate of drug-likeness (QED) is 0.508. The lowest BCUT2D eigenvalue weighted by atomic mass is 10.1. The Kier molecular flexibility index (Phi) is 7.14. The minimum atomic E-state index is -0.616. The summed E-state index contributed by atoms with van der Waals surface area (Å²) in [5.74, 6) is -1.33. The van der Waals surface area contributed by atoms with Crippen LogP contribution in [0.5, 0.6) is 0 Å². The molecule has 2 aromatic carbocycles. The number of halogens is 1. The van der Waals surface area contributed by atoms with Crippen LogP contribution in [0.15, 0.2) is 66.0 Å². The van der Waals surface area contributed by atoms with Crippen molar-refractivity contribution < 1.29 is 23.5 Å². The lowest BCUT2D eigenvalue weighted by Crippen LogP contribution is -2.32. The average molecular weight is 467 g/mol. The van der Waals surface area contributed by atoms with Crippen LogP contribution < -0.4 is 5.32 Å². The van der Waals surface area contributed by atoms with Gasteiger partial charge in [-0.1, -0.05) is 30.3 Å². The van der Waals surface area contributed by atoms with E-state index in [1.807, 2.05) is 23.6 Å². The normalized spacial score (nSPS) is 14.2. The number of esters is 1. The molecule has 1 atom stereocenters. The lowest BCUT2D eigenvalue weighted by molar-refractivity contribution is -0.128. The van der Waals surface area contributed by atoms with E-state index in [2.05, 4.69) is 5.32 Å². The molecule has 8 heteroatoms. The van der Waals surface area contributed by atoms with Gasteiger partial charge in [0.25, 0.3) is 5.91 Å². The molecule has 33 heavy (non-hydrogen) atoms. The molecule has 0 radical (unpaired) electrons. The van der Waals surface area contributed by atoms with Crippen molar-refractivity contribution >= 4 is 29.1 Å². The van der Waals surface area contributed by atoms with Crippen molar-refractivity contribution in [2.45, 2.75) is 25.4 Å². The molecule has 2 amide bonds. The number of nitrogens with one attached hydrogen (secondary N) is 1. The molecule has 1 aliphatic heterocycles. The molecule has 1 saturated heterocycles. The number of hydrogen-bond acceptors (Lipinski definition) is 5. The van der Waals surface area contributed by atoms with E-state index in [0.29, 0.717) is 25.1 Å². The Hall–Kier alpha value is -3.52. The summed E-state index contributed by atoms with van der Waals surface area (Å²) >= 11 is 1.46. The summed E-state index contributed by atoms with van der Waals surface area (Å²) in [4.78, 5) is 39.5. The van der Waals surface area contributed by atoms with E-state index in [9.17, 15) is 18.8 Å². The highest BCUT2D eigenvalue weighted by molar-refractivity contribution is 7.10. The maximum atomic E-state index is 13.3. The highest BCUT2D eigenvalue weighted by Crippen LogP contribution is 2.26. The van der Waals surface area contributed by atoms with Crippen molar-refractivity contribution in [3.8, 4) is 0 Å². The van der Waals surface area contributed by atoms with Crippen LogP contribution in [0.25, 0.3) is 0 Å². The van der Waals surface area contributed by atoms with E-state index >= 15 is 0 Å². The molecule has 6 nitrogen and oxygen atoms in total. The molecule has 0 saturated carbocycles. The molecule has 4 rings (SSSR count). The predicted molar refractivity (Wildman–Crippen MR) is 122 cm³/mol. The monoisotopic (exact) mass is 466 g/mol. The van der Waals surface area contributed by atoms with E-state index < -0.39 is 24.5 Å². The van der Waals surface area contributed by atoms with Gasteiger partial charge in [-0.3, -0.25) is 9.59 Å². The van der Waals surface area contributed by atoms with Crippen LogP contribution in [0.1, 0.15) is 45.2 Å². The van der Waals surface area contributed by atoms with Crippen LogP contribution >= 0.6 is 11.3 Å². The third-order valence-electron chi connectivity index (χ3n) is 5.38. The highest BCUT2D eigenvalue weighted by Gasteiger charge is 2.21. The Morgan fingerprint density at radius 3 is 2.64 bits per heavy atom. The van der Waals surface area contributed by atoms with Gasteiger partial charge in [-0.15, -0.1) is 11.3 Å². The Morgan fingerprint density at radius 2 is 1.94 bits per heavy atom. The summed E-state index contributed by atoms with van der Waals surface area (Å²) in [5, 5.41) is 4.74. The van der Waals surface area contributed by atoms with Gasteiger partial charge >= 0.3 is 5.97 Å². The molecular formula is C25H23FN2O4S.